The summed E-state index contributed by atoms with van der Waals surface area (Å²) in [5, 5.41) is 11.2. The van der Waals surface area contributed by atoms with Gasteiger partial charge < -0.3 is 9.84 Å². The number of phenols is 1. The number of carbonyl (C=O) groups excluding carboxylic acids is 1. The molecule has 4 atom stereocenters. The van der Waals surface area contributed by atoms with Crippen molar-refractivity contribution in [2.75, 3.05) is 13.1 Å². The van der Waals surface area contributed by atoms with Crippen LogP contribution >= 0.6 is 11.6 Å². The van der Waals surface area contributed by atoms with E-state index in [1.165, 1.54) is 11.1 Å². The molecule has 2 unspecified atom stereocenters. The minimum atomic E-state index is -0.412. The van der Waals surface area contributed by atoms with Crippen molar-refractivity contribution in [3.05, 3.63) is 58.1 Å². The molecule has 2 aromatic rings. The van der Waals surface area contributed by atoms with Gasteiger partial charge in [0.2, 0.25) is 0 Å². The second-order valence-electron chi connectivity index (χ2n) is 9.03. The van der Waals surface area contributed by atoms with Crippen molar-refractivity contribution >= 4 is 17.4 Å². The number of phenolic OH excluding ortho intramolecular Hbond substituents is 1. The molecular weight excluding hydrogens is 386 g/mol. The normalized spacial score (nSPS) is 32.0. The number of hydrogen-bond acceptors (Lipinski definition) is 4. The lowest BCUT2D eigenvalue weighted by Crippen LogP contribution is -2.66. The number of nitrogens with zero attached hydrogens (tertiary/aromatic N) is 1. The Kier molecular flexibility index (Phi) is 3.82. The summed E-state index contributed by atoms with van der Waals surface area (Å²) in [4.78, 5) is 15.5. The van der Waals surface area contributed by atoms with Gasteiger partial charge in [-0.1, -0.05) is 29.8 Å². The lowest BCUT2D eigenvalue weighted by Gasteiger charge is -2.57. The average molecular weight is 410 g/mol. The minimum absolute atomic E-state index is 0.183. The first kappa shape index (κ1) is 17.8. The summed E-state index contributed by atoms with van der Waals surface area (Å²) in [6.45, 7) is 1.98. The number of carbonyl (C=O) groups is 1. The second-order valence-corrected chi connectivity index (χ2v) is 9.47. The van der Waals surface area contributed by atoms with Crippen LogP contribution in [0.5, 0.6) is 11.5 Å². The van der Waals surface area contributed by atoms with Crippen LogP contribution in [-0.2, 0) is 23.1 Å². The van der Waals surface area contributed by atoms with Gasteiger partial charge in [-0.2, -0.15) is 0 Å². The molecule has 2 aliphatic heterocycles. The zero-order valence-corrected chi connectivity index (χ0v) is 17.0. The molecule has 0 aromatic heterocycles. The third-order valence-electron chi connectivity index (χ3n) is 7.82. The number of hydrogen-bond donors (Lipinski definition) is 1. The molecule has 4 aliphatic rings. The van der Waals surface area contributed by atoms with Crippen molar-refractivity contribution in [3.8, 4) is 11.5 Å². The SMILES string of the molecule is O=C1CCC2C3Cc4ccc(O)c5c4[C@@]2(CCN3CCc2ccc(Cl)cc2)[C@H]1O5. The number of Topliss-reactive ketones (excluding diaryl/α,β-unsaturated/α-hetero) is 1. The highest BCUT2D eigenvalue weighted by atomic mass is 35.5. The highest BCUT2D eigenvalue weighted by Crippen LogP contribution is 2.63. The molecule has 1 saturated heterocycles. The summed E-state index contributed by atoms with van der Waals surface area (Å²) in [5.74, 6) is 1.39. The highest BCUT2D eigenvalue weighted by Gasteiger charge is 2.65. The van der Waals surface area contributed by atoms with Crippen LogP contribution in [0.3, 0.4) is 0 Å². The van der Waals surface area contributed by atoms with Crippen LogP contribution in [-0.4, -0.2) is 41.0 Å². The van der Waals surface area contributed by atoms with Crippen molar-refractivity contribution in [1.29, 1.82) is 0 Å². The number of rotatable bonds is 3. The molecule has 2 aromatic carbocycles. The standard InChI is InChI=1S/C24H24ClNO3/c25-16-4-1-14(2-5-16)9-11-26-12-10-24-17-6-8-20(28)23(24)29-22-19(27)7-3-15(21(22)24)13-18(17)26/h1-5,7,17-18,23,27H,6,8-13H2/t17?,18?,23-,24-/m0/s1. The second kappa shape index (κ2) is 6.23. The fourth-order valence-corrected chi connectivity index (χ4v) is 6.74. The Bertz CT molecular complexity index is 1000. The summed E-state index contributed by atoms with van der Waals surface area (Å²) in [5.41, 5.74) is 3.47. The maximum absolute atomic E-state index is 12.8. The Labute approximate surface area is 175 Å². The Hall–Kier alpha value is -2.04. The quantitative estimate of drug-likeness (QED) is 0.835. The highest BCUT2D eigenvalue weighted by molar-refractivity contribution is 6.30. The Morgan fingerprint density at radius 1 is 1.21 bits per heavy atom. The van der Waals surface area contributed by atoms with Gasteiger partial charge in [-0.05, 0) is 67.5 Å². The van der Waals surface area contributed by atoms with Gasteiger partial charge in [-0.15, -0.1) is 0 Å². The van der Waals surface area contributed by atoms with E-state index in [1.54, 1.807) is 6.07 Å². The maximum Gasteiger partial charge on any atom is 0.174 e. The number of ether oxygens (including phenoxy) is 1. The van der Waals surface area contributed by atoms with Gasteiger partial charge in [-0.25, -0.2) is 0 Å². The molecule has 29 heavy (non-hydrogen) atoms. The minimum Gasteiger partial charge on any atom is -0.504 e. The molecule has 0 amide bonds. The molecule has 6 rings (SSSR count). The van der Waals surface area contributed by atoms with Gasteiger partial charge in [0.1, 0.15) is 0 Å². The van der Waals surface area contributed by atoms with Gasteiger partial charge in [0, 0.05) is 35.0 Å². The van der Waals surface area contributed by atoms with E-state index in [0.717, 1.165) is 49.4 Å². The molecule has 2 fully saturated rings. The van der Waals surface area contributed by atoms with Crippen molar-refractivity contribution in [3.63, 3.8) is 0 Å². The fourth-order valence-electron chi connectivity index (χ4n) is 6.61. The van der Waals surface area contributed by atoms with E-state index in [2.05, 4.69) is 17.0 Å². The smallest absolute Gasteiger partial charge is 0.174 e. The lowest BCUT2D eigenvalue weighted by atomic mass is 9.51. The van der Waals surface area contributed by atoms with Crippen molar-refractivity contribution in [2.45, 2.75) is 49.7 Å². The molecule has 4 nitrogen and oxygen atoms in total. The van der Waals surface area contributed by atoms with E-state index in [4.69, 9.17) is 16.3 Å². The van der Waals surface area contributed by atoms with Crippen LogP contribution < -0.4 is 4.74 Å². The van der Waals surface area contributed by atoms with Gasteiger partial charge in [0.15, 0.2) is 23.4 Å². The number of piperidine rings is 1. The van der Waals surface area contributed by atoms with Crippen molar-refractivity contribution in [2.24, 2.45) is 5.92 Å². The number of likely N-dealkylation sites (tertiary alicyclic amines) is 1. The topological polar surface area (TPSA) is 49.8 Å². The summed E-state index contributed by atoms with van der Waals surface area (Å²) < 4.78 is 6.17. The zero-order chi connectivity index (χ0) is 19.8. The lowest BCUT2D eigenvalue weighted by molar-refractivity contribution is -0.138. The average Bonchev–Trinajstić information content (AvgIpc) is 3.07. The predicted molar refractivity (Wildman–Crippen MR) is 111 cm³/mol. The Morgan fingerprint density at radius 3 is 2.86 bits per heavy atom. The molecule has 1 spiro atoms. The zero-order valence-electron chi connectivity index (χ0n) is 16.2. The Balaban J connectivity index is 1.36. The first-order chi connectivity index (χ1) is 14.1. The first-order valence-corrected chi connectivity index (χ1v) is 11.0. The van der Waals surface area contributed by atoms with E-state index in [0.29, 0.717) is 24.1 Å². The van der Waals surface area contributed by atoms with E-state index >= 15 is 0 Å². The van der Waals surface area contributed by atoms with Gasteiger partial charge >= 0.3 is 0 Å². The summed E-state index contributed by atoms with van der Waals surface area (Å²) in [6, 6.07) is 12.4. The number of ketones is 1. The van der Waals surface area contributed by atoms with Crippen LogP contribution in [0.1, 0.15) is 36.0 Å². The number of aromatic hydroxyl groups is 1. The molecule has 150 valence electrons. The Morgan fingerprint density at radius 2 is 2.03 bits per heavy atom. The molecular formula is C24H24ClNO3. The van der Waals surface area contributed by atoms with Crippen molar-refractivity contribution in [1.82, 2.24) is 4.90 Å². The maximum atomic E-state index is 12.8. The van der Waals surface area contributed by atoms with Gasteiger partial charge in [-0.3, -0.25) is 9.69 Å². The van der Waals surface area contributed by atoms with E-state index in [1.807, 2.05) is 18.2 Å². The number of benzene rings is 2. The van der Waals surface area contributed by atoms with Crippen LogP contribution in [0.2, 0.25) is 5.02 Å². The molecule has 5 heteroatoms. The predicted octanol–water partition coefficient (Wildman–Crippen LogP) is 3.90. The fraction of sp³-hybridized carbons (Fsp3) is 0.458. The monoisotopic (exact) mass is 409 g/mol. The number of halogens is 1. The molecule has 2 heterocycles. The molecule has 0 radical (unpaired) electrons. The van der Waals surface area contributed by atoms with E-state index in [-0.39, 0.29) is 16.9 Å². The van der Waals surface area contributed by atoms with Gasteiger partial charge in [0.25, 0.3) is 0 Å². The van der Waals surface area contributed by atoms with Crippen LogP contribution in [0, 0.1) is 5.92 Å². The van der Waals surface area contributed by atoms with Crippen LogP contribution in [0.15, 0.2) is 36.4 Å². The van der Waals surface area contributed by atoms with Crippen molar-refractivity contribution < 1.29 is 14.6 Å². The van der Waals surface area contributed by atoms with Crippen LogP contribution in [0.25, 0.3) is 0 Å². The summed E-state index contributed by atoms with van der Waals surface area (Å²) in [6.07, 6.45) is 4.00. The molecule has 2 bridgehead atoms. The molecule has 2 aliphatic carbocycles. The molecule has 1 saturated carbocycles. The first-order valence-electron chi connectivity index (χ1n) is 10.6. The summed E-state index contributed by atoms with van der Waals surface area (Å²) >= 11 is 6.03. The third-order valence-corrected chi connectivity index (χ3v) is 8.08. The third kappa shape index (κ3) is 2.39. The van der Waals surface area contributed by atoms with E-state index in [9.17, 15) is 9.90 Å². The van der Waals surface area contributed by atoms with Crippen LogP contribution in [0.4, 0.5) is 0 Å². The largest absolute Gasteiger partial charge is 0.504 e. The van der Waals surface area contributed by atoms with Gasteiger partial charge in [0.05, 0.1) is 0 Å². The molecule has 1 N–H and O–H groups in total. The summed E-state index contributed by atoms with van der Waals surface area (Å²) in [7, 11) is 0. The van der Waals surface area contributed by atoms with E-state index < -0.39 is 6.10 Å².